The molecule has 0 aliphatic rings. The summed E-state index contributed by atoms with van der Waals surface area (Å²) in [7, 11) is 3.17. The smallest absolute Gasteiger partial charge is 0.241 e. The van der Waals surface area contributed by atoms with Crippen LogP contribution in [0.4, 0.5) is 5.69 Å². The van der Waals surface area contributed by atoms with E-state index in [4.69, 9.17) is 9.47 Å². The summed E-state index contributed by atoms with van der Waals surface area (Å²) in [4.78, 5) is 16.4. The Morgan fingerprint density at radius 1 is 1.00 bits per heavy atom. The van der Waals surface area contributed by atoms with E-state index in [9.17, 15) is 4.79 Å². The lowest BCUT2D eigenvalue weighted by molar-refractivity contribution is -0.119. The molecule has 3 N–H and O–H groups in total. The zero-order chi connectivity index (χ0) is 20.2. The third-order valence-electron chi connectivity index (χ3n) is 3.95. The second kappa shape index (κ2) is 11.5. The van der Waals surface area contributed by atoms with E-state index in [1.54, 1.807) is 20.3 Å². The largest absolute Gasteiger partial charge is 0.493 e. The highest BCUT2D eigenvalue weighted by molar-refractivity contribution is 5.95. The van der Waals surface area contributed by atoms with Crippen LogP contribution in [0.15, 0.2) is 53.5 Å². The molecule has 1 amide bonds. The molecule has 0 unspecified atom stereocenters. The Bertz CT molecular complexity index is 778. The lowest BCUT2D eigenvalue weighted by Gasteiger charge is -2.13. The van der Waals surface area contributed by atoms with Crippen LogP contribution in [-0.4, -0.2) is 45.7 Å². The maximum absolute atomic E-state index is 12.1. The Hall–Kier alpha value is -3.22. The van der Waals surface area contributed by atoms with Crippen molar-refractivity contribution in [3.63, 3.8) is 0 Å². The summed E-state index contributed by atoms with van der Waals surface area (Å²) < 4.78 is 10.5. The standard InChI is InChI=1S/C21H28N4O3/c1-4-22-21(25-17-10-11-18(27-2)19(14-17)28-3)24-15-20(26)23-13-12-16-8-6-5-7-9-16/h5-11,14H,4,12-13,15H2,1-3H3,(H,23,26)(H2,22,24,25). The minimum absolute atomic E-state index is 0.0391. The van der Waals surface area contributed by atoms with Gasteiger partial charge >= 0.3 is 0 Å². The van der Waals surface area contributed by atoms with Gasteiger partial charge in [0.2, 0.25) is 5.91 Å². The van der Waals surface area contributed by atoms with E-state index in [-0.39, 0.29) is 12.5 Å². The topological polar surface area (TPSA) is 84.0 Å². The van der Waals surface area contributed by atoms with Crippen LogP contribution < -0.4 is 25.4 Å². The van der Waals surface area contributed by atoms with E-state index in [0.717, 1.165) is 12.1 Å². The molecule has 2 rings (SSSR count). The van der Waals surface area contributed by atoms with Crippen molar-refractivity contribution in [2.75, 3.05) is 39.2 Å². The van der Waals surface area contributed by atoms with Crippen LogP contribution in [0.2, 0.25) is 0 Å². The van der Waals surface area contributed by atoms with Crippen LogP contribution in [0.5, 0.6) is 11.5 Å². The van der Waals surface area contributed by atoms with E-state index < -0.39 is 0 Å². The zero-order valence-corrected chi connectivity index (χ0v) is 16.6. The third-order valence-corrected chi connectivity index (χ3v) is 3.95. The molecule has 7 heteroatoms. The monoisotopic (exact) mass is 384 g/mol. The molecule has 0 saturated heterocycles. The van der Waals surface area contributed by atoms with Crippen molar-refractivity contribution < 1.29 is 14.3 Å². The molecule has 0 bridgehead atoms. The van der Waals surface area contributed by atoms with Gasteiger partial charge in [-0.3, -0.25) is 4.79 Å². The van der Waals surface area contributed by atoms with Crippen molar-refractivity contribution in [3.05, 3.63) is 54.1 Å². The van der Waals surface area contributed by atoms with Crippen molar-refractivity contribution in [1.29, 1.82) is 0 Å². The van der Waals surface area contributed by atoms with Crippen molar-refractivity contribution in [2.24, 2.45) is 4.99 Å². The summed E-state index contributed by atoms with van der Waals surface area (Å²) in [5, 5.41) is 9.18. The molecule has 0 aliphatic heterocycles. The lowest BCUT2D eigenvalue weighted by Crippen LogP contribution is -2.33. The molecule has 0 atom stereocenters. The number of hydrogen-bond acceptors (Lipinski definition) is 4. The molecule has 28 heavy (non-hydrogen) atoms. The van der Waals surface area contributed by atoms with Gasteiger partial charge in [-0.2, -0.15) is 0 Å². The predicted molar refractivity (Wildman–Crippen MR) is 112 cm³/mol. The Morgan fingerprint density at radius 3 is 2.43 bits per heavy atom. The minimum atomic E-state index is -0.125. The molecular formula is C21H28N4O3. The van der Waals surface area contributed by atoms with Crippen molar-refractivity contribution in [2.45, 2.75) is 13.3 Å². The van der Waals surface area contributed by atoms with Crippen LogP contribution >= 0.6 is 0 Å². The van der Waals surface area contributed by atoms with Crippen LogP contribution in [-0.2, 0) is 11.2 Å². The molecule has 150 valence electrons. The second-order valence-corrected chi connectivity index (χ2v) is 5.98. The van der Waals surface area contributed by atoms with Gasteiger partial charge < -0.3 is 25.4 Å². The summed E-state index contributed by atoms with van der Waals surface area (Å²) in [6, 6.07) is 15.5. The Labute approximate surface area is 166 Å². The number of ether oxygens (including phenoxy) is 2. The number of carbonyl (C=O) groups is 1. The van der Waals surface area contributed by atoms with Crippen molar-refractivity contribution in [3.8, 4) is 11.5 Å². The fraction of sp³-hybridized carbons (Fsp3) is 0.333. The first kappa shape index (κ1) is 21.1. The molecule has 7 nitrogen and oxygen atoms in total. The van der Waals surface area contributed by atoms with Crippen LogP contribution in [0.1, 0.15) is 12.5 Å². The van der Waals surface area contributed by atoms with E-state index in [2.05, 4.69) is 20.9 Å². The quantitative estimate of drug-likeness (QED) is 0.457. The molecule has 0 spiro atoms. The van der Waals surface area contributed by atoms with Crippen LogP contribution in [0.3, 0.4) is 0 Å². The first-order valence-electron chi connectivity index (χ1n) is 9.24. The highest BCUT2D eigenvalue weighted by Gasteiger charge is 2.07. The highest BCUT2D eigenvalue weighted by atomic mass is 16.5. The number of amides is 1. The first-order valence-corrected chi connectivity index (χ1v) is 9.24. The van der Waals surface area contributed by atoms with Gasteiger partial charge in [-0.15, -0.1) is 0 Å². The average molecular weight is 384 g/mol. The molecule has 0 aliphatic carbocycles. The second-order valence-electron chi connectivity index (χ2n) is 5.98. The number of methoxy groups -OCH3 is 2. The molecule has 2 aromatic carbocycles. The third kappa shape index (κ3) is 6.83. The van der Waals surface area contributed by atoms with Crippen molar-refractivity contribution >= 4 is 17.6 Å². The van der Waals surface area contributed by atoms with Gasteiger partial charge in [0.1, 0.15) is 6.54 Å². The Morgan fingerprint density at radius 2 is 1.75 bits per heavy atom. The normalized spacial score (nSPS) is 10.9. The zero-order valence-electron chi connectivity index (χ0n) is 16.6. The SMILES string of the molecule is CCNC(=NCC(=O)NCCc1ccccc1)Nc1ccc(OC)c(OC)c1. The van der Waals surface area contributed by atoms with Crippen LogP contribution in [0, 0.1) is 0 Å². The number of aliphatic imine (C=N–C) groups is 1. The lowest BCUT2D eigenvalue weighted by atomic mass is 10.1. The molecule has 0 aromatic heterocycles. The molecule has 0 radical (unpaired) electrons. The summed E-state index contributed by atoms with van der Waals surface area (Å²) in [5.74, 6) is 1.66. The molecule has 2 aromatic rings. The number of nitrogens with one attached hydrogen (secondary N) is 3. The average Bonchev–Trinajstić information content (AvgIpc) is 2.73. The summed E-state index contributed by atoms with van der Waals surface area (Å²) in [6.07, 6.45) is 0.792. The van der Waals surface area contributed by atoms with E-state index in [1.165, 1.54) is 5.56 Å². The number of guanidine groups is 1. The first-order chi connectivity index (χ1) is 13.7. The maximum Gasteiger partial charge on any atom is 0.241 e. The minimum Gasteiger partial charge on any atom is -0.493 e. The summed E-state index contributed by atoms with van der Waals surface area (Å²) in [6.45, 7) is 3.26. The summed E-state index contributed by atoms with van der Waals surface area (Å²) in [5.41, 5.74) is 1.97. The number of carbonyl (C=O) groups excluding carboxylic acids is 1. The summed E-state index contributed by atoms with van der Waals surface area (Å²) >= 11 is 0. The van der Waals surface area contributed by atoms with Gasteiger partial charge in [0.05, 0.1) is 14.2 Å². The molecule has 0 fully saturated rings. The van der Waals surface area contributed by atoms with Gasteiger partial charge in [0.15, 0.2) is 17.5 Å². The molecular weight excluding hydrogens is 356 g/mol. The van der Waals surface area contributed by atoms with Crippen LogP contribution in [0.25, 0.3) is 0 Å². The maximum atomic E-state index is 12.1. The number of hydrogen-bond donors (Lipinski definition) is 3. The van der Waals surface area contributed by atoms with Gasteiger partial charge in [0.25, 0.3) is 0 Å². The molecule has 0 heterocycles. The molecule has 0 saturated carbocycles. The predicted octanol–water partition coefficient (Wildman–Crippen LogP) is 2.44. The van der Waals surface area contributed by atoms with Gasteiger partial charge in [-0.25, -0.2) is 4.99 Å². The van der Waals surface area contributed by atoms with Gasteiger partial charge in [-0.1, -0.05) is 30.3 Å². The number of benzene rings is 2. The van der Waals surface area contributed by atoms with Crippen molar-refractivity contribution in [1.82, 2.24) is 10.6 Å². The van der Waals surface area contributed by atoms with E-state index >= 15 is 0 Å². The Balaban J connectivity index is 1.89. The fourth-order valence-corrected chi connectivity index (χ4v) is 2.56. The highest BCUT2D eigenvalue weighted by Crippen LogP contribution is 2.29. The van der Waals surface area contributed by atoms with Gasteiger partial charge in [-0.05, 0) is 31.0 Å². The van der Waals surface area contributed by atoms with E-state index in [0.29, 0.717) is 30.5 Å². The number of rotatable bonds is 9. The van der Waals surface area contributed by atoms with Gasteiger partial charge in [0, 0.05) is 24.8 Å². The van der Waals surface area contributed by atoms with E-state index in [1.807, 2.05) is 49.4 Å². The number of anilines is 1. The fourth-order valence-electron chi connectivity index (χ4n) is 2.56. The number of nitrogens with zero attached hydrogens (tertiary/aromatic N) is 1. The Kier molecular flexibility index (Phi) is 8.65.